The fourth-order valence-electron chi connectivity index (χ4n) is 5.94. The van der Waals surface area contributed by atoms with Crippen LogP contribution in [0.2, 0.25) is 10.0 Å². The number of carbonyl (C=O) groups excluding carboxylic acids is 1. The molecule has 0 N–H and O–H groups in total. The largest absolute Gasteiger partial charge is 0.330 e. The molecule has 194 valence electrons. The minimum Gasteiger partial charge on any atom is -0.330 e. The van der Waals surface area contributed by atoms with E-state index in [1.54, 1.807) is 0 Å². The van der Waals surface area contributed by atoms with Gasteiger partial charge in [0.25, 0.3) is 0 Å². The van der Waals surface area contributed by atoms with Gasteiger partial charge in [0.05, 0.1) is 11.5 Å². The van der Waals surface area contributed by atoms with Crippen molar-refractivity contribution in [2.45, 2.75) is 82.5 Å². The fraction of sp³-hybridized carbons (Fsp3) is 0.516. The summed E-state index contributed by atoms with van der Waals surface area (Å²) in [4.78, 5) is 16.8. The van der Waals surface area contributed by atoms with Crippen LogP contribution in [0.1, 0.15) is 82.4 Å². The van der Waals surface area contributed by atoms with Crippen molar-refractivity contribution >= 4 is 40.9 Å². The SMILES string of the molecule is C=CCC1(C)CC(c2cccc(Cl)c2)C(c2ccc(Cl)cc2)N(C(CSC(CC)CC)C2CC2)C1=O. The molecule has 5 heteroatoms. The first-order valence-electron chi connectivity index (χ1n) is 13.4. The molecule has 1 saturated carbocycles. The Labute approximate surface area is 231 Å². The fourth-order valence-corrected chi connectivity index (χ4v) is 7.63. The van der Waals surface area contributed by atoms with Crippen LogP contribution in [0.4, 0.5) is 0 Å². The number of piperidine rings is 1. The number of nitrogens with zero attached hydrogens (tertiary/aromatic N) is 1. The number of thioether (sulfide) groups is 1. The van der Waals surface area contributed by atoms with Crippen LogP contribution in [0.3, 0.4) is 0 Å². The Morgan fingerprint density at radius 2 is 1.78 bits per heavy atom. The van der Waals surface area contributed by atoms with Gasteiger partial charge in [0.15, 0.2) is 0 Å². The Hall–Kier alpha value is -1.42. The normalized spacial score (nSPS) is 25.3. The van der Waals surface area contributed by atoms with E-state index in [2.05, 4.69) is 68.3 Å². The molecule has 0 spiro atoms. The van der Waals surface area contributed by atoms with Crippen LogP contribution in [0.5, 0.6) is 0 Å². The molecule has 1 aliphatic heterocycles. The van der Waals surface area contributed by atoms with Gasteiger partial charge in [-0.25, -0.2) is 0 Å². The number of hydrogen-bond donors (Lipinski definition) is 0. The number of likely N-dealkylation sites (tertiary alicyclic amines) is 1. The standard InChI is InChI=1S/C31H39Cl2NOS/c1-5-17-31(4)19-27(23-9-8-10-25(33)18-23)29(22-13-15-24(32)16-14-22)34(30(31)35)28(21-11-12-21)20-36-26(6-2)7-3/h5,8-10,13-16,18,21,26-29H,1,6-7,11-12,17,19-20H2,2-4H3. The summed E-state index contributed by atoms with van der Waals surface area (Å²) in [5, 5.41) is 2.08. The number of carbonyl (C=O) groups is 1. The van der Waals surface area contributed by atoms with Crippen molar-refractivity contribution in [3.05, 3.63) is 82.4 Å². The van der Waals surface area contributed by atoms with Crippen LogP contribution >= 0.6 is 35.0 Å². The second kappa shape index (κ2) is 12.0. The number of hydrogen-bond acceptors (Lipinski definition) is 2. The highest BCUT2D eigenvalue weighted by Crippen LogP contribution is 2.54. The summed E-state index contributed by atoms with van der Waals surface area (Å²) in [6, 6.07) is 16.5. The molecular weight excluding hydrogens is 505 g/mol. The van der Waals surface area contributed by atoms with Gasteiger partial charge in [-0.3, -0.25) is 4.79 Å². The Kier molecular flexibility index (Phi) is 9.18. The zero-order chi connectivity index (χ0) is 25.9. The lowest BCUT2D eigenvalue weighted by Crippen LogP contribution is -2.57. The first kappa shape index (κ1) is 27.6. The molecule has 2 aromatic rings. The van der Waals surface area contributed by atoms with Gasteiger partial charge in [-0.05, 0) is 79.8 Å². The summed E-state index contributed by atoms with van der Waals surface area (Å²) >= 11 is 14.9. The Balaban J connectivity index is 1.84. The first-order chi connectivity index (χ1) is 17.3. The van der Waals surface area contributed by atoms with Crippen molar-refractivity contribution in [1.29, 1.82) is 0 Å². The third-order valence-electron chi connectivity index (χ3n) is 8.12. The molecule has 0 aromatic heterocycles. The molecule has 2 aromatic carbocycles. The maximum Gasteiger partial charge on any atom is 0.229 e. The maximum absolute atomic E-state index is 14.5. The van der Waals surface area contributed by atoms with Crippen molar-refractivity contribution in [2.75, 3.05) is 5.75 Å². The van der Waals surface area contributed by atoms with Gasteiger partial charge in [0.2, 0.25) is 5.91 Å². The lowest BCUT2D eigenvalue weighted by atomic mass is 9.67. The van der Waals surface area contributed by atoms with Crippen molar-refractivity contribution in [1.82, 2.24) is 4.90 Å². The van der Waals surface area contributed by atoms with E-state index < -0.39 is 5.41 Å². The molecule has 4 unspecified atom stereocenters. The van der Waals surface area contributed by atoms with Gasteiger partial charge in [-0.15, -0.1) is 6.58 Å². The predicted octanol–water partition coefficient (Wildman–Crippen LogP) is 9.33. The van der Waals surface area contributed by atoms with Crippen molar-refractivity contribution in [2.24, 2.45) is 11.3 Å². The monoisotopic (exact) mass is 543 g/mol. The molecule has 2 aliphatic rings. The Morgan fingerprint density at radius 1 is 1.08 bits per heavy atom. The van der Waals surface area contributed by atoms with Gasteiger partial charge >= 0.3 is 0 Å². The molecule has 2 fully saturated rings. The average Bonchev–Trinajstić information content (AvgIpc) is 3.70. The molecule has 2 nitrogen and oxygen atoms in total. The molecule has 4 atom stereocenters. The number of amides is 1. The lowest BCUT2D eigenvalue weighted by molar-refractivity contribution is -0.154. The summed E-state index contributed by atoms with van der Waals surface area (Å²) in [6.45, 7) is 10.7. The highest BCUT2D eigenvalue weighted by atomic mass is 35.5. The Bertz CT molecular complexity index is 1050. The van der Waals surface area contributed by atoms with Crippen molar-refractivity contribution in [3.8, 4) is 0 Å². The van der Waals surface area contributed by atoms with Gasteiger partial charge < -0.3 is 4.90 Å². The lowest BCUT2D eigenvalue weighted by Gasteiger charge is -2.52. The van der Waals surface area contributed by atoms with Crippen LogP contribution in [-0.4, -0.2) is 27.9 Å². The van der Waals surface area contributed by atoms with Crippen molar-refractivity contribution in [3.63, 3.8) is 0 Å². The quantitative estimate of drug-likeness (QED) is 0.263. The van der Waals surface area contributed by atoms with E-state index in [4.69, 9.17) is 23.2 Å². The highest BCUT2D eigenvalue weighted by Gasteiger charge is 2.53. The molecular formula is C31H39Cl2NOS. The zero-order valence-electron chi connectivity index (χ0n) is 21.8. The van der Waals surface area contributed by atoms with E-state index in [9.17, 15) is 4.79 Å². The molecule has 1 heterocycles. The van der Waals surface area contributed by atoms with E-state index in [0.717, 1.165) is 35.6 Å². The number of halogens is 2. The van der Waals surface area contributed by atoms with E-state index in [0.29, 0.717) is 22.6 Å². The maximum atomic E-state index is 14.5. The van der Waals surface area contributed by atoms with Gasteiger partial charge in [-0.2, -0.15) is 11.8 Å². The predicted molar refractivity (Wildman–Crippen MR) is 156 cm³/mol. The third-order valence-corrected chi connectivity index (χ3v) is 10.3. The number of rotatable bonds is 11. The van der Waals surface area contributed by atoms with Gasteiger partial charge in [-0.1, -0.05) is 74.3 Å². The van der Waals surface area contributed by atoms with E-state index in [1.165, 1.54) is 18.4 Å². The Morgan fingerprint density at radius 3 is 2.36 bits per heavy atom. The van der Waals surface area contributed by atoms with Gasteiger partial charge in [0, 0.05) is 33.0 Å². The highest BCUT2D eigenvalue weighted by molar-refractivity contribution is 7.99. The molecule has 0 radical (unpaired) electrons. The molecule has 1 aliphatic carbocycles. The molecule has 0 bridgehead atoms. The van der Waals surface area contributed by atoms with Crippen LogP contribution in [0.25, 0.3) is 0 Å². The second-order valence-electron chi connectivity index (χ2n) is 10.8. The first-order valence-corrected chi connectivity index (χ1v) is 15.2. The minimum atomic E-state index is -0.496. The summed E-state index contributed by atoms with van der Waals surface area (Å²) in [6.07, 6.45) is 8.07. The minimum absolute atomic E-state index is 0.0565. The van der Waals surface area contributed by atoms with E-state index in [-0.39, 0.29) is 23.9 Å². The summed E-state index contributed by atoms with van der Waals surface area (Å²) in [7, 11) is 0. The molecule has 1 saturated heterocycles. The van der Waals surface area contributed by atoms with E-state index >= 15 is 0 Å². The molecule has 4 rings (SSSR count). The smallest absolute Gasteiger partial charge is 0.229 e. The van der Waals surface area contributed by atoms with Crippen LogP contribution in [-0.2, 0) is 4.79 Å². The number of benzene rings is 2. The van der Waals surface area contributed by atoms with E-state index in [1.807, 2.05) is 30.3 Å². The molecule has 36 heavy (non-hydrogen) atoms. The van der Waals surface area contributed by atoms with Crippen molar-refractivity contribution < 1.29 is 4.79 Å². The topological polar surface area (TPSA) is 20.3 Å². The summed E-state index contributed by atoms with van der Waals surface area (Å²) < 4.78 is 0. The van der Waals surface area contributed by atoms with Crippen LogP contribution < -0.4 is 0 Å². The second-order valence-corrected chi connectivity index (χ2v) is 13.0. The zero-order valence-corrected chi connectivity index (χ0v) is 24.1. The van der Waals surface area contributed by atoms with Crippen LogP contribution in [0.15, 0.2) is 61.2 Å². The van der Waals surface area contributed by atoms with Crippen LogP contribution in [0, 0.1) is 11.3 Å². The summed E-state index contributed by atoms with van der Waals surface area (Å²) in [5.74, 6) is 1.95. The molecule has 1 amide bonds. The summed E-state index contributed by atoms with van der Waals surface area (Å²) in [5.41, 5.74) is 1.85. The third kappa shape index (κ3) is 6.00. The average molecular weight is 545 g/mol. The van der Waals surface area contributed by atoms with Gasteiger partial charge in [0.1, 0.15) is 0 Å². The number of allylic oxidation sites excluding steroid dienone is 1.